The topological polar surface area (TPSA) is 157 Å². The van der Waals surface area contributed by atoms with Crippen LogP contribution in [0, 0.1) is 11.6 Å². The molecule has 4 aliphatic heterocycles. The molecule has 596 valence electrons. The zero-order valence-corrected chi connectivity index (χ0v) is 72.6. The highest BCUT2D eigenvalue weighted by Gasteiger charge is 2.45. The Hall–Kier alpha value is -7.96. The Labute approximate surface area is 664 Å². The van der Waals surface area contributed by atoms with Gasteiger partial charge in [0.1, 0.15) is 51.5 Å². The maximum atomic E-state index is 16.2. The summed E-state index contributed by atoms with van der Waals surface area (Å²) in [6.45, 7) is 40.4. The summed E-state index contributed by atoms with van der Waals surface area (Å²) in [7, 11) is -5.70. The van der Waals surface area contributed by atoms with Crippen LogP contribution >= 0.6 is 0 Å². The molecule has 25 heteroatoms. The summed E-state index contributed by atoms with van der Waals surface area (Å²) < 4.78 is 79.3. The molecule has 0 bridgehead atoms. The van der Waals surface area contributed by atoms with Crippen LogP contribution in [-0.2, 0) is 98.1 Å². The summed E-state index contributed by atoms with van der Waals surface area (Å²) in [5.74, 6) is 1.11. The van der Waals surface area contributed by atoms with Gasteiger partial charge in [0.2, 0.25) is 0 Å². The van der Waals surface area contributed by atoms with Crippen molar-refractivity contribution in [1.29, 1.82) is 0 Å². The van der Waals surface area contributed by atoms with Gasteiger partial charge in [-0.2, -0.15) is 10.2 Å². The maximum Gasteiger partial charge on any atom is 0.322 e. The van der Waals surface area contributed by atoms with Crippen molar-refractivity contribution in [3.63, 3.8) is 0 Å². The second-order valence-electron chi connectivity index (χ2n) is 35.9. The summed E-state index contributed by atoms with van der Waals surface area (Å²) in [6, 6.07) is 43.3. The highest BCUT2D eigenvalue weighted by Crippen LogP contribution is 2.43. The third kappa shape index (κ3) is 18.7. The molecule has 0 aliphatic carbocycles. The lowest BCUT2D eigenvalue weighted by Gasteiger charge is -2.38. The molecule has 14 rings (SSSR count). The SMILES string of the molecule is CCc1cc(OCc2ccccc2)c(F)cc1-c1ccc2c(-c3nc4c(n3COCC[Si](C)(C)C)CN(C3CCCN3C(=O)N3CCCC3N3Cc5nc(-c6nn(COCC[Si](C)(C)C)c7cc(-c8cc(F)c(OCc9ccccc9)cc8CC)ccc67)n(COCC[Si](C)(C)C)c5C3)C4)nn(COCC[Si](C)(C)C)c2c1. The number of ether oxygens (including phenoxy) is 6. The van der Waals surface area contributed by atoms with E-state index in [4.69, 9.17) is 48.6 Å². The van der Waals surface area contributed by atoms with Crippen LogP contribution in [0.2, 0.25) is 103 Å². The summed E-state index contributed by atoms with van der Waals surface area (Å²) in [4.78, 5) is 35.9. The third-order valence-corrected chi connectivity index (χ3v) is 29.3. The number of aromatic nitrogens is 8. The molecule has 112 heavy (non-hydrogen) atoms. The van der Waals surface area contributed by atoms with E-state index in [-0.39, 0.29) is 56.5 Å². The van der Waals surface area contributed by atoms with E-state index in [1.807, 2.05) is 82.2 Å². The predicted octanol–water partition coefficient (Wildman–Crippen LogP) is 19.6. The molecule has 19 nitrogen and oxygen atoms in total. The van der Waals surface area contributed by atoms with E-state index in [9.17, 15) is 0 Å². The number of halogens is 2. The average Bonchev–Trinajstić information content (AvgIpc) is 1.59. The van der Waals surface area contributed by atoms with E-state index in [0.29, 0.717) is 92.0 Å². The van der Waals surface area contributed by atoms with Gasteiger partial charge in [0.15, 0.2) is 34.8 Å². The minimum atomic E-state index is -1.44. The van der Waals surface area contributed by atoms with Crippen molar-refractivity contribution in [2.75, 3.05) is 39.5 Å². The van der Waals surface area contributed by atoms with Crippen LogP contribution in [0.15, 0.2) is 121 Å². The summed E-state index contributed by atoms with van der Waals surface area (Å²) >= 11 is 0. The van der Waals surface area contributed by atoms with Crippen LogP contribution in [0.5, 0.6) is 11.5 Å². The molecule has 2 saturated heterocycles. The van der Waals surface area contributed by atoms with E-state index in [2.05, 4.69) is 158 Å². The third-order valence-electron chi connectivity index (χ3n) is 22.5. The molecule has 2 unspecified atom stereocenters. The van der Waals surface area contributed by atoms with Crippen molar-refractivity contribution in [3.05, 3.63) is 178 Å². The van der Waals surface area contributed by atoms with E-state index < -0.39 is 43.9 Å². The van der Waals surface area contributed by atoms with E-state index in [1.54, 1.807) is 12.1 Å². The van der Waals surface area contributed by atoms with E-state index in [1.165, 1.54) is 0 Å². The number of amides is 2. The van der Waals surface area contributed by atoms with Crippen LogP contribution in [0.3, 0.4) is 0 Å². The zero-order valence-electron chi connectivity index (χ0n) is 68.6. The predicted molar refractivity (Wildman–Crippen MR) is 453 cm³/mol. The number of hydrogen-bond acceptors (Lipinski definition) is 13. The van der Waals surface area contributed by atoms with Crippen LogP contribution in [0.25, 0.3) is 67.1 Å². The first-order chi connectivity index (χ1) is 53.6. The molecule has 0 N–H and O–H groups in total. The fourth-order valence-corrected chi connectivity index (χ4v) is 18.9. The molecule has 2 atom stereocenters. The molecule has 10 aromatic rings. The van der Waals surface area contributed by atoms with E-state index >= 15 is 13.6 Å². The minimum absolute atomic E-state index is 0.0738. The van der Waals surface area contributed by atoms with Gasteiger partial charge in [0.05, 0.1) is 46.1 Å². The first-order valence-corrected chi connectivity index (χ1v) is 55.5. The van der Waals surface area contributed by atoms with Crippen molar-refractivity contribution >= 4 is 60.1 Å². The van der Waals surface area contributed by atoms with Gasteiger partial charge in [-0.1, -0.05) is 165 Å². The van der Waals surface area contributed by atoms with Gasteiger partial charge in [0.25, 0.3) is 0 Å². The molecule has 4 aromatic heterocycles. The minimum Gasteiger partial charge on any atom is -0.486 e. The lowest BCUT2D eigenvalue weighted by molar-refractivity contribution is 0.0386. The molecular weight excluding hydrogens is 1480 g/mol. The summed E-state index contributed by atoms with van der Waals surface area (Å²) in [5, 5.41) is 12.6. The van der Waals surface area contributed by atoms with Crippen LogP contribution in [-0.4, -0.2) is 148 Å². The second kappa shape index (κ2) is 34.2. The first-order valence-electron chi connectivity index (χ1n) is 40.7. The van der Waals surface area contributed by atoms with Crippen LogP contribution in [0.1, 0.15) is 84.6 Å². The fourth-order valence-electron chi connectivity index (χ4n) is 15.8. The first kappa shape index (κ1) is 80.6. The molecular formula is C87H116F2N12O7Si4. The highest BCUT2D eigenvalue weighted by molar-refractivity contribution is 6.77. The van der Waals surface area contributed by atoms with Crippen molar-refractivity contribution in [2.45, 2.75) is 234 Å². The molecule has 6 aromatic carbocycles. The number of imidazole rings is 2. The quantitative estimate of drug-likeness (QED) is 0.0278. The molecule has 8 heterocycles. The summed E-state index contributed by atoms with van der Waals surface area (Å²) in [5.41, 5.74) is 14.5. The Morgan fingerprint density at radius 3 is 1.21 bits per heavy atom. The largest absolute Gasteiger partial charge is 0.486 e. The molecule has 4 aliphatic rings. The van der Waals surface area contributed by atoms with Gasteiger partial charge >= 0.3 is 6.03 Å². The Balaban J connectivity index is 0.727. The number of carbonyl (C=O) groups is 1. The normalized spacial score (nSPS) is 16.5. The molecule has 0 spiro atoms. The van der Waals surface area contributed by atoms with Crippen LogP contribution < -0.4 is 9.47 Å². The Kier molecular flexibility index (Phi) is 24.6. The van der Waals surface area contributed by atoms with Gasteiger partial charge in [-0.3, -0.25) is 9.80 Å². The van der Waals surface area contributed by atoms with Crippen molar-refractivity contribution in [3.8, 4) is 56.8 Å². The van der Waals surface area contributed by atoms with Gasteiger partial charge in [-0.05, 0) is 156 Å². The number of benzene rings is 6. The number of carbonyl (C=O) groups excluding carboxylic acids is 1. The number of hydrogen-bond donors (Lipinski definition) is 0. The van der Waals surface area contributed by atoms with Gasteiger partial charge in [-0.15, -0.1) is 0 Å². The number of fused-ring (bicyclic) bond motifs is 4. The lowest BCUT2D eigenvalue weighted by Crippen LogP contribution is -2.54. The molecule has 2 amide bonds. The Morgan fingerprint density at radius 2 is 0.839 bits per heavy atom. The fraction of sp³-hybridized carbons (Fsp3) is 0.483. The molecule has 2 fully saturated rings. The number of nitrogens with zero attached hydrogens (tertiary/aromatic N) is 12. The van der Waals surface area contributed by atoms with Crippen molar-refractivity contribution < 1.29 is 42.0 Å². The van der Waals surface area contributed by atoms with E-state index in [0.717, 1.165) is 162 Å². The van der Waals surface area contributed by atoms with Gasteiger partial charge < -0.3 is 47.4 Å². The Morgan fingerprint density at radius 1 is 0.464 bits per heavy atom. The zero-order chi connectivity index (χ0) is 78.8. The number of urea groups is 1. The van der Waals surface area contributed by atoms with Crippen molar-refractivity contribution in [2.24, 2.45) is 0 Å². The van der Waals surface area contributed by atoms with Crippen LogP contribution in [0.4, 0.5) is 13.6 Å². The highest BCUT2D eigenvalue weighted by atomic mass is 28.3. The summed E-state index contributed by atoms with van der Waals surface area (Å²) in [6.07, 6.45) is 4.60. The smallest absolute Gasteiger partial charge is 0.322 e. The number of likely N-dealkylation sites (tertiary alicyclic amines) is 2. The lowest BCUT2D eigenvalue weighted by atomic mass is 9.96. The second-order valence-corrected chi connectivity index (χ2v) is 58.4. The number of rotatable bonds is 34. The average molecular weight is 1590 g/mol. The van der Waals surface area contributed by atoms with Gasteiger partial charge in [0, 0.05) is 109 Å². The van der Waals surface area contributed by atoms with Crippen molar-refractivity contribution in [1.82, 2.24) is 58.3 Å². The number of aryl methyl sites for hydroxylation is 2. The monoisotopic (exact) mass is 1590 g/mol. The molecule has 0 saturated carbocycles. The Bertz CT molecular complexity index is 4660. The van der Waals surface area contributed by atoms with Gasteiger partial charge in [-0.25, -0.2) is 32.9 Å². The standard InChI is InChI=1S/C87H116F2N12O7Si4/c1-15-63-47-79(107-55-61-25-19-17-20-26-61)71(88)49-69(63)65-31-33-67-75(45-65)100(59-105-39-43-111(9,10)11)92-83(67)85-90-73-51-94(53-77(73)98(85)57-103-37-41-109(3,4)5)81-29-23-35-96(81)87(102)97-36-24-30-82(97)95-52-74-78(54-95)99(58-104-38-42-110(6,7)8)86(91-74)84-68-34-32-66(46-76(68)101(93-84)60-106-40-44-112(12,13)14)70-50-72(89)80(48-64(70)16-2)108-56-62-27-21-18-22-28-62/h17-22,25-28,31-34,45-50,81-82H,15-16,23-24,29-30,35-44,51-60H2,1-14H3. The molecule has 0 radical (unpaired) electrons. The maximum absolute atomic E-state index is 16.2.